The fourth-order valence-corrected chi connectivity index (χ4v) is 3.04. The summed E-state index contributed by atoms with van der Waals surface area (Å²) in [5, 5.41) is 2.85. The van der Waals surface area contributed by atoms with Crippen molar-refractivity contribution in [2.75, 3.05) is 18.5 Å². The van der Waals surface area contributed by atoms with E-state index >= 15 is 0 Å². The number of nitrogens with one attached hydrogen (secondary N) is 1. The third-order valence-electron chi connectivity index (χ3n) is 3.76. The second-order valence-electron chi connectivity index (χ2n) is 5.81. The Bertz CT molecular complexity index is 761. The number of hydrogen-bond acceptors (Lipinski definition) is 4. The van der Waals surface area contributed by atoms with E-state index in [-0.39, 0.29) is 18.6 Å². The lowest BCUT2D eigenvalue weighted by molar-refractivity contribution is -0.118. The summed E-state index contributed by atoms with van der Waals surface area (Å²) in [7, 11) is 0. The van der Waals surface area contributed by atoms with Gasteiger partial charge in [-0.2, -0.15) is 0 Å². The van der Waals surface area contributed by atoms with Crippen molar-refractivity contribution >= 4 is 34.2 Å². The summed E-state index contributed by atoms with van der Waals surface area (Å²) in [6.07, 6.45) is 0.985. The normalized spacial score (nSPS) is 15.2. The van der Waals surface area contributed by atoms with Crippen molar-refractivity contribution in [3.8, 4) is 17.2 Å². The number of halogens is 1. The summed E-state index contributed by atoms with van der Waals surface area (Å²) >= 11 is 2.22. The van der Waals surface area contributed by atoms with E-state index in [1.165, 1.54) is 0 Å². The van der Waals surface area contributed by atoms with Crippen LogP contribution in [0.25, 0.3) is 0 Å². The minimum atomic E-state index is -0.245. The van der Waals surface area contributed by atoms with Gasteiger partial charge in [0.2, 0.25) is 0 Å². The van der Waals surface area contributed by atoms with Gasteiger partial charge in [-0.25, -0.2) is 0 Å². The average Bonchev–Trinajstić information content (AvgIpc) is 2.94. The van der Waals surface area contributed by atoms with Crippen molar-refractivity contribution in [3.63, 3.8) is 0 Å². The molecule has 6 heteroatoms. The van der Waals surface area contributed by atoms with Crippen molar-refractivity contribution in [1.82, 2.24) is 0 Å². The number of anilines is 1. The van der Waals surface area contributed by atoms with Gasteiger partial charge in [-0.1, -0.05) is 0 Å². The first-order chi connectivity index (χ1) is 12.0. The van der Waals surface area contributed by atoms with E-state index < -0.39 is 0 Å². The minimum absolute atomic E-state index is 0.0689. The van der Waals surface area contributed by atoms with Crippen LogP contribution in [0, 0.1) is 3.57 Å². The summed E-state index contributed by atoms with van der Waals surface area (Å²) in [4.78, 5) is 12.2. The molecule has 0 aliphatic carbocycles. The second kappa shape index (κ2) is 7.95. The molecule has 3 rings (SSSR count). The van der Waals surface area contributed by atoms with Crippen LogP contribution in [0.4, 0.5) is 5.69 Å². The third kappa shape index (κ3) is 4.56. The van der Waals surface area contributed by atoms with Gasteiger partial charge < -0.3 is 19.5 Å². The number of amides is 1. The maximum absolute atomic E-state index is 12.2. The summed E-state index contributed by atoms with van der Waals surface area (Å²) in [5.41, 5.74) is 1.70. The summed E-state index contributed by atoms with van der Waals surface area (Å²) in [6, 6.07) is 11.3. The second-order valence-corrected chi connectivity index (χ2v) is 7.06. The highest BCUT2D eigenvalue weighted by atomic mass is 127. The number of fused-ring (bicyclic) bond motifs is 1. The Kier molecular flexibility index (Phi) is 5.67. The standard InChI is InChI=1S/C19H20INO4/c1-3-23-18-9-13-8-12(2)25-17(13)10-16(18)21-19(22)11-24-15-6-4-14(20)5-7-15/h4-7,9-10,12H,3,8,11H2,1-2H3,(H,21,22). The molecule has 2 aromatic carbocycles. The summed E-state index contributed by atoms with van der Waals surface area (Å²) in [5.74, 6) is 1.86. The largest absolute Gasteiger partial charge is 0.492 e. The molecule has 1 unspecified atom stereocenters. The van der Waals surface area contributed by atoms with Crippen LogP contribution in [-0.4, -0.2) is 25.2 Å². The lowest BCUT2D eigenvalue weighted by atomic mass is 10.1. The molecular formula is C19H20INO4. The van der Waals surface area contributed by atoms with Crippen molar-refractivity contribution in [3.05, 3.63) is 45.5 Å². The van der Waals surface area contributed by atoms with E-state index in [0.717, 1.165) is 21.3 Å². The van der Waals surface area contributed by atoms with Gasteiger partial charge in [-0.15, -0.1) is 0 Å². The molecule has 1 aliphatic heterocycles. The molecular weight excluding hydrogens is 433 g/mol. The van der Waals surface area contributed by atoms with Crippen LogP contribution < -0.4 is 19.5 Å². The molecule has 1 heterocycles. The number of benzene rings is 2. The monoisotopic (exact) mass is 453 g/mol. The molecule has 5 nitrogen and oxygen atoms in total. The Morgan fingerprint density at radius 1 is 1.28 bits per heavy atom. The Labute approximate surface area is 160 Å². The molecule has 1 aliphatic rings. The molecule has 0 radical (unpaired) electrons. The molecule has 132 valence electrons. The molecule has 1 amide bonds. The summed E-state index contributed by atoms with van der Waals surface area (Å²) in [6.45, 7) is 4.39. The topological polar surface area (TPSA) is 56.8 Å². The first-order valence-corrected chi connectivity index (χ1v) is 9.27. The minimum Gasteiger partial charge on any atom is -0.492 e. The molecule has 25 heavy (non-hydrogen) atoms. The number of hydrogen-bond donors (Lipinski definition) is 1. The lowest BCUT2D eigenvalue weighted by Crippen LogP contribution is -2.20. The molecule has 0 bridgehead atoms. The molecule has 0 saturated heterocycles. The smallest absolute Gasteiger partial charge is 0.262 e. The third-order valence-corrected chi connectivity index (χ3v) is 4.47. The SMILES string of the molecule is CCOc1cc2c(cc1NC(=O)COc1ccc(I)cc1)OC(C)C2. The Hall–Kier alpha value is -1.96. The molecule has 0 spiro atoms. The highest BCUT2D eigenvalue weighted by molar-refractivity contribution is 14.1. The zero-order valence-electron chi connectivity index (χ0n) is 14.2. The van der Waals surface area contributed by atoms with Gasteiger partial charge in [0.15, 0.2) is 6.61 Å². The predicted molar refractivity (Wildman–Crippen MR) is 105 cm³/mol. The first-order valence-electron chi connectivity index (χ1n) is 8.19. The van der Waals surface area contributed by atoms with E-state index in [2.05, 4.69) is 27.9 Å². The maximum Gasteiger partial charge on any atom is 0.262 e. The quantitative estimate of drug-likeness (QED) is 0.672. The first kappa shape index (κ1) is 17.8. The van der Waals surface area contributed by atoms with Crippen molar-refractivity contribution in [2.45, 2.75) is 26.4 Å². The van der Waals surface area contributed by atoms with Gasteiger partial charge in [0.1, 0.15) is 23.4 Å². The molecule has 2 aromatic rings. The van der Waals surface area contributed by atoms with Gasteiger partial charge in [0.05, 0.1) is 12.3 Å². The number of ether oxygens (including phenoxy) is 3. The average molecular weight is 453 g/mol. The van der Waals surface area contributed by atoms with E-state index in [0.29, 0.717) is 23.8 Å². The van der Waals surface area contributed by atoms with E-state index in [4.69, 9.17) is 14.2 Å². The fourth-order valence-electron chi connectivity index (χ4n) is 2.68. The predicted octanol–water partition coefficient (Wildman–Crippen LogP) is 4.03. The van der Waals surface area contributed by atoms with E-state index in [9.17, 15) is 4.79 Å². The Morgan fingerprint density at radius 2 is 2.04 bits per heavy atom. The lowest BCUT2D eigenvalue weighted by Gasteiger charge is -2.14. The molecule has 1 N–H and O–H groups in total. The zero-order chi connectivity index (χ0) is 17.8. The van der Waals surface area contributed by atoms with Crippen LogP contribution in [0.15, 0.2) is 36.4 Å². The molecule has 0 fully saturated rings. The van der Waals surface area contributed by atoms with Crippen LogP contribution in [0.1, 0.15) is 19.4 Å². The molecule has 0 aromatic heterocycles. The Morgan fingerprint density at radius 3 is 2.76 bits per heavy atom. The number of carbonyl (C=O) groups is 1. The fraction of sp³-hybridized carbons (Fsp3) is 0.316. The summed E-state index contributed by atoms with van der Waals surface area (Å²) < 4.78 is 18.1. The van der Waals surface area contributed by atoms with Gasteiger partial charge in [0, 0.05) is 21.6 Å². The van der Waals surface area contributed by atoms with E-state index in [1.54, 1.807) is 0 Å². The highest BCUT2D eigenvalue weighted by Crippen LogP contribution is 2.38. The van der Waals surface area contributed by atoms with Gasteiger partial charge in [-0.05, 0) is 66.8 Å². The molecule has 1 atom stereocenters. The van der Waals surface area contributed by atoms with Crippen LogP contribution in [0.5, 0.6) is 17.2 Å². The maximum atomic E-state index is 12.2. The van der Waals surface area contributed by atoms with Crippen LogP contribution >= 0.6 is 22.6 Å². The van der Waals surface area contributed by atoms with Crippen molar-refractivity contribution < 1.29 is 19.0 Å². The van der Waals surface area contributed by atoms with Crippen LogP contribution in [0.3, 0.4) is 0 Å². The van der Waals surface area contributed by atoms with Crippen LogP contribution in [-0.2, 0) is 11.2 Å². The van der Waals surface area contributed by atoms with Crippen molar-refractivity contribution in [1.29, 1.82) is 0 Å². The van der Waals surface area contributed by atoms with Crippen LogP contribution in [0.2, 0.25) is 0 Å². The van der Waals surface area contributed by atoms with Crippen molar-refractivity contribution in [2.24, 2.45) is 0 Å². The van der Waals surface area contributed by atoms with Gasteiger partial charge >= 0.3 is 0 Å². The van der Waals surface area contributed by atoms with Gasteiger partial charge in [0.25, 0.3) is 5.91 Å². The highest BCUT2D eigenvalue weighted by Gasteiger charge is 2.22. The number of carbonyl (C=O) groups excluding carboxylic acids is 1. The molecule has 0 saturated carbocycles. The van der Waals surface area contributed by atoms with Gasteiger partial charge in [-0.3, -0.25) is 4.79 Å². The van der Waals surface area contributed by atoms with E-state index in [1.807, 2.05) is 50.2 Å². The Balaban J connectivity index is 1.67. The number of rotatable bonds is 6. The zero-order valence-corrected chi connectivity index (χ0v) is 16.3.